The van der Waals surface area contributed by atoms with Gasteiger partial charge in [-0.05, 0) is 71.3 Å². The highest BCUT2D eigenvalue weighted by Gasteiger charge is 2.35. The van der Waals surface area contributed by atoms with Gasteiger partial charge in [-0.15, -0.1) is 0 Å². The van der Waals surface area contributed by atoms with Crippen LogP contribution in [0.1, 0.15) is 33.7 Å². The van der Waals surface area contributed by atoms with Gasteiger partial charge in [0, 0.05) is 30.4 Å². The van der Waals surface area contributed by atoms with E-state index in [0.29, 0.717) is 16.9 Å². The molecule has 4 aromatic rings. The van der Waals surface area contributed by atoms with Crippen LogP contribution < -0.4 is 4.74 Å². The Kier molecular flexibility index (Phi) is 5.11. The van der Waals surface area contributed by atoms with Crippen LogP contribution in [-0.2, 0) is 0 Å². The molecule has 0 aliphatic carbocycles. The van der Waals surface area contributed by atoms with Crippen LogP contribution in [0, 0.1) is 5.82 Å². The number of carbonyl (C=O) groups excluding carboxylic acids is 1. The van der Waals surface area contributed by atoms with Gasteiger partial charge in [-0.3, -0.25) is 14.8 Å². The van der Waals surface area contributed by atoms with E-state index >= 15 is 0 Å². The number of fused-ring (bicyclic) bond motifs is 1. The van der Waals surface area contributed by atoms with Gasteiger partial charge in [-0.25, -0.2) is 4.39 Å². The SMILES string of the molecule is COc1ccc(C(=O)[C@@H]2[C@@H](c3ccncc3)N=Cc3cccn32)c(-c2ccc(F)cc2)c1. The van der Waals surface area contributed by atoms with E-state index in [2.05, 4.69) is 4.98 Å². The van der Waals surface area contributed by atoms with Crippen LogP contribution in [0.2, 0.25) is 0 Å². The van der Waals surface area contributed by atoms with Crippen LogP contribution in [0.25, 0.3) is 11.1 Å². The Morgan fingerprint density at radius 2 is 1.81 bits per heavy atom. The molecule has 6 heteroatoms. The lowest BCUT2D eigenvalue weighted by Crippen LogP contribution is -2.29. The Hall–Kier alpha value is -4.06. The molecule has 2 aromatic heterocycles. The number of halogens is 1. The van der Waals surface area contributed by atoms with Crippen LogP contribution >= 0.6 is 0 Å². The van der Waals surface area contributed by atoms with Crippen molar-refractivity contribution >= 4 is 12.0 Å². The number of rotatable bonds is 5. The largest absolute Gasteiger partial charge is 0.497 e. The summed E-state index contributed by atoms with van der Waals surface area (Å²) in [4.78, 5) is 22.9. The highest BCUT2D eigenvalue weighted by molar-refractivity contribution is 6.06. The molecule has 32 heavy (non-hydrogen) atoms. The third kappa shape index (κ3) is 3.50. The second-order valence-corrected chi connectivity index (χ2v) is 7.57. The minimum absolute atomic E-state index is 0.0805. The highest BCUT2D eigenvalue weighted by atomic mass is 19.1. The fraction of sp³-hybridized carbons (Fsp3) is 0.115. The van der Waals surface area contributed by atoms with E-state index in [-0.39, 0.29) is 11.6 Å². The number of hydrogen-bond acceptors (Lipinski definition) is 4. The van der Waals surface area contributed by atoms with Crippen molar-refractivity contribution < 1.29 is 13.9 Å². The molecule has 1 aliphatic rings. The van der Waals surface area contributed by atoms with E-state index in [1.165, 1.54) is 12.1 Å². The van der Waals surface area contributed by atoms with Crippen LogP contribution in [-0.4, -0.2) is 28.7 Å². The summed E-state index contributed by atoms with van der Waals surface area (Å²) in [5.74, 6) is 0.207. The number of methoxy groups -OCH3 is 1. The van der Waals surface area contributed by atoms with Gasteiger partial charge in [-0.2, -0.15) is 0 Å². The monoisotopic (exact) mass is 425 g/mol. The van der Waals surface area contributed by atoms with E-state index in [9.17, 15) is 9.18 Å². The molecule has 5 nitrogen and oxygen atoms in total. The number of benzene rings is 2. The van der Waals surface area contributed by atoms with E-state index in [1.54, 1.807) is 50.0 Å². The average molecular weight is 425 g/mol. The van der Waals surface area contributed by atoms with E-state index in [1.807, 2.05) is 41.1 Å². The number of Topliss-reactive ketones (excluding diaryl/α,β-unsaturated/α-hetero) is 1. The van der Waals surface area contributed by atoms with Gasteiger partial charge < -0.3 is 9.30 Å². The molecule has 0 N–H and O–H groups in total. The van der Waals surface area contributed by atoms with Crippen molar-refractivity contribution in [3.05, 3.63) is 108 Å². The zero-order valence-electron chi connectivity index (χ0n) is 17.4. The van der Waals surface area contributed by atoms with Gasteiger partial charge in [0.15, 0.2) is 5.78 Å². The number of aromatic nitrogens is 2. The number of hydrogen-bond donors (Lipinski definition) is 0. The maximum atomic E-state index is 14.1. The summed E-state index contributed by atoms with van der Waals surface area (Å²) in [6.45, 7) is 0. The molecule has 2 aromatic carbocycles. The molecule has 0 bridgehead atoms. The van der Waals surface area contributed by atoms with Crippen molar-refractivity contribution in [1.29, 1.82) is 0 Å². The second-order valence-electron chi connectivity index (χ2n) is 7.57. The molecule has 0 saturated heterocycles. The number of ketones is 1. The molecule has 3 heterocycles. The predicted octanol–water partition coefficient (Wildman–Crippen LogP) is 5.30. The normalized spacial score (nSPS) is 17.1. The van der Waals surface area contributed by atoms with Gasteiger partial charge >= 0.3 is 0 Å². The standard InChI is InChI=1S/C26H20FN3O2/c1-32-21-8-9-22(23(15-21)17-4-6-19(27)7-5-17)26(31)25-24(18-10-12-28-13-11-18)29-16-20-3-2-14-30(20)25/h2-16,24-25H,1H3/t24-,25+/m1/s1. The lowest BCUT2D eigenvalue weighted by atomic mass is 9.88. The third-order valence-electron chi connectivity index (χ3n) is 5.74. The fourth-order valence-electron chi connectivity index (χ4n) is 4.15. The summed E-state index contributed by atoms with van der Waals surface area (Å²) in [5.41, 5.74) is 3.72. The molecule has 0 spiro atoms. The summed E-state index contributed by atoms with van der Waals surface area (Å²) in [5, 5.41) is 0. The number of ether oxygens (including phenoxy) is 1. The second kappa shape index (κ2) is 8.23. The van der Waals surface area contributed by atoms with Gasteiger partial charge in [0.1, 0.15) is 23.7 Å². The molecule has 0 fully saturated rings. The minimum atomic E-state index is -0.569. The Morgan fingerprint density at radius 3 is 2.56 bits per heavy atom. The van der Waals surface area contributed by atoms with Crippen LogP contribution in [0.4, 0.5) is 4.39 Å². The number of pyridine rings is 1. The molecule has 0 amide bonds. The first kappa shape index (κ1) is 19.9. The summed E-state index contributed by atoms with van der Waals surface area (Å²) in [6, 6.07) is 18.1. The zero-order valence-corrected chi connectivity index (χ0v) is 17.4. The Bertz CT molecular complexity index is 1300. The first-order chi connectivity index (χ1) is 15.7. The minimum Gasteiger partial charge on any atom is -0.497 e. The van der Waals surface area contributed by atoms with Crippen molar-refractivity contribution in [3.8, 4) is 16.9 Å². The highest BCUT2D eigenvalue weighted by Crippen LogP contribution is 2.39. The molecule has 158 valence electrons. The zero-order chi connectivity index (χ0) is 22.1. The molecule has 0 unspecified atom stereocenters. The van der Waals surface area contributed by atoms with Crippen molar-refractivity contribution in [3.63, 3.8) is 0 Å². The molecule has 0 saturated carbocycles. The van der Waals surface area contributed by atoms with Gasteiger partial charge in [0.05, 0.1) is 12.8 Å². The Balaban J connectivity index is 1.65. The van der Waals surface area contributed by atoms with E-state index < -0.39 is 12.1 Å². The van der Waals surface area contributed by atoms with Gasteiger partial charge in [0.25, 0.3) is 0 Å². The van der Waals surface area contributed by atoms with E-state index in [4.69, 9.17) is 9.73 Å². The van der Waals surface area contributed by atoms with Gasteiger partial charge in [-0.1, -0.05) is 12.1 Å². The molecule has 2 atom stereocenters. The first-order valence-corrected chi connectivity index (χ1v) is 10.2. The van der Waals surface area contributed by atoms with Crippen molar-refractivity contribution in [2.45, 2.75) is 12.1 Å². The molecular weight excluding hydrogens is 405 g/mol. The molecular formula is C26H20FN3O2. The Morgan fingerprint density at radius 1 is 1.03 bits per heavy atom. The average Bonchev–Trinajstić information content (AvgIpc) is 3.32. The molecule has 0 radical (unpaired) electrons. The number of nitrogens with zero attached hydrogens (tertiary/aromatic N) is 3. The van der Waals surface area contributed by atoms with Crippen LogP contribution in [0.5, 0.6) is 5.75 Å². The summed E-state index contributed by atoms with van der Waals surface area (Å²) < 4.78 is 20.9. The topological polar surface area (TPSA) is 56.5 Å². The number of carbonyl (C=O) groups is 1. The summed E-state index contributed by atoms with van der Waals surface area (Å²) >= 11 is 0. The van der Waals surface area contributed by atoms with E-state index in [0.717, 1.165) is 16.8 Å². The lowest BCUT2D eigenvalue weighted by molar-refractivity contribution is 0.0906. The Labute approximate surface area is 184 Å². The summed E-state index contributed by atoms with van der Waals surface area (Å²) in [6.07, 6.45) is 7.10. The van der Waals surface area contributed by atoms with Crippen molar-refractivity contribution in [2.75, 3.05) is 7.11 Å². The smallest absolute Gasteiger partial charge is 0.188 e. The van der Waals surface area contributed by atoms with Crippen molar-refractivity contribution in [2.24, 2.45) is 4.99 Å². The molecule has 1 aliphatic heterocycles. The fourth-order valence-corrected chi connectivity index (χ4v) is 4.15. The third-order valence-corrected chi connectivity index (χ3v) is 5.74. The van der Waals surface area contributed by atoms with Crippen LogP contribution in [0.3, 0.4) is 0 Å². The quantitative estimate of drug-likeness (QED) is 0.408. The summed E-state index contributed by atoms with van der Waals surface area (Å²) in [7, 11) is 1.58. The van der Waals surface area contributed by atoms with Gasteiger partial charge in [0.2, 0.25) is 0 Å². The first-order valence-electron chi connectivity index (χ1n) is 10.2. The van der Waals surface area contributed by atoms with Crippen molar-refractivity contribution in [1.82, 2.24) is 9.55 Å². The predicted molar refractivity (Wildman–Crippen MR) is 121 cm³/mol. The number of aliphatic imine (C=N–C) groups is 1. The maximum absolute atomic E-state index is 14.1. The maximum Gasteiger partial charge on any atom is 0.188 e. The lowest BCUT2D eigenvalue weighted by Gasteiger charge is -2.30. The van der Waals surface area contributed by atoms with Crippen LogP contribution in [0.15, 0.2) is 90.3 Å². The molecule has 5 rings (SSSR count).